The number of hydrogen-bond acceptors (Lipinski definition) is 4. The molecule has 0 saturated heterocycles. The topological polar surface area (TPSA) is 41.6 Å². The summed E-state index contributed by atoms with van der Waals surface area (Å²) >= 11 is 0. The zero-order valence-corrected chi connectivity index (χ0v) is 10.9. The van der Waals surface area contributed by atoms with Crippen molar-refractivity contribution in [3.05, 3.63) is 0 Å². The summed E-state index contributed by atoms with van der Waals surface area (Å²) in [4.78, 5) is 14.2. The third-order valence-electron chi connectivity index (χ3n) is 3.40. The highest BCUT2D eigenvalue weighted by Gasteiger charge is 2.46. The van der Waals surface area contributed by atoms with E-state index in [2.05, 4.69) is 24.3 Å². The molecule has 2 unspecified atom stereocenters. The number of nitrogens with one attached hydrogen (secondary N) is 1. The molecule has 0 aliphatic heterocycles. The molecular formula is C12H24N2O2. The molecule has 0 amide bonds. The summed E-state index contributed by atoms with van der Waals surface area (Å²) < 4.78 is 5.19. The van der Waals surface area contributed by atoms with Gasteiger partial charge in [-0.15, -0.1) is 0 Å². The molecule has 0 spiro atoms. The molecule has 4 heteroatoms. The van der Waals surface area contributed by atoms with Crippen LogP contribution in [0, 0.1) is 0 Å². The Kier molecular flexibility index (Phi) is 4.74. The van der Waals surface area contributed by atoms with Gasteiger partial charge >= 0.3 is 5.97 Å². The van der Waals surface area contributed by atoms with E-state index in [4.69, 9.17) is 4.74 Å². The Morgan fingerprint density at radius 3 is 2.62 bits per heavy atom. The van der Waals surface area contributed by atoms with Crippen LogP contribution >= 0.6 is 0 Å². The molecule has 0 bridgehead atoms. The molecule has 16 heavy (non-hydrogen) atoms. The van der Waals surface area contributed by atoms with Crippen LogP contribution in [-0.2, 0) is 9.53 Å². The van der Waals surface area contributed by atoms with Gasteiger partial charge in [0.15, 0.2) is 0 Å². The van der Waals surface area contributed by atoms with E-state index in [1.807, 2.05) is 13.8 Å². The second kappa shape index (κ2) is 5.64. The predicted molar refractivity (Wildman–Crippen MR) is 64.4 cm³/mol. The Bertz CT molecular complexity index is 243. The fourth-order valence-electron chi connectivity index (χ4n) is 2.49. The minimum absolute atomic E-state index is 0.0822. The summed E-state index contributed by atoms with van der Waals surface area (Å²) in [5.41, 5.74) is -0.445. The van der Waals surface area contributed by atoms with Crippen molar-refractivity contribution in [2.75, 3.05) is 27.2 Å². The molecule has 1 aliphatic carbocycles. The zero-order chi connectivity index (χ0) is 12.2. The van der Waals surface area contributed by atoms with Gasteiger partial charge in [0.1, 0.15) is 5.54 Å². The van der Waals surface area contributed by atoms with Gasteiger partial charge in [0, 0.05) is 6.04 Å². The Balaban J connectivity index is 2.71. The van der Waals surface area contributed by atoms with Gasteiger partial charge in [0.25, 0.3) is 0 Å². The van der Waals surface area contributed by atoms with Crippen LogP contribution in [0.2, 0.25) is 0 Å². The monoisotopic (exact) mass is 228 g/mol. The summed E-state index contributed by atoms with van der Waals surface area (Å²) in [6, 6.07) is 0.475. The van der Waals surface area contributed by atoms with Gasteiger partial charge in [-0.3, -0.25) is 4.79 Å². The first-order valence-electron chi connectivity index (χ1n) is 6.14. The molecule has 0 heterocycles. The van der Waals surface area contributed by atoms with Gasteiger partial charge in [0.2, 0.25) is 0 Å². The Morgan fingerprint density at radius 1 is 1.50 bits per heavy atom. The zero-order valence-electron chi connectivity index (χ0n) is 10.9. The van der Waals surface area contributed by atoms with Gasteiger partial charge in [-0.25, -0.2) is 0 Å². The molecule has 1 fully saturated rings. The minimum atomic E-state index is -0.445. The highest BCUT2D eigenvalue weighted by Crippen LogP contribution is 2.33. The lowest BCUT2D eigenvalue weighted by Crippen LogP contribution is -2.51. The molecule has 0 aromatic heterocycles. The highest BCUT2D eigenvalue weighted by molar-refractivity contribution is 5.81. The molecule has 0 aromatic carbocycles. The maximum absolute atomic E-state index is 12.0. The fraction of sp³-hybridized carbons (Fsp3) is 0.917. The van der Waals surface area contributed by atoms with Crippen molar-refractivity contribution in [1.82, 2.24) is 10.2 Å². The number of esters is 1. The van der Waals surface area contributed by atoms with Crippen LogP contribution in [0.5, 0.6) is 0 Å². The quantitative estimate of drug-likeness (QED) is 0.713. The van der Waals surface area contributed by atoms with Crippen LogP contribution in [-0.4, -0.2) is 49.7 Å². The van der Waals surface area contributed by atoms with E-state index in [0.29, 0.717) is 12.6 Å². The maximum Gasteiger partial charge on any atom is 0.326 e. The van der Waals surface area contributed by atoms with Crippen molar-refractivity contribution >= 4 is 5.97 Å². The number of carbonyl (C=O) groups excluding carboxylic acids is 1. The van der Waals surface area contributed by atoms with E-state index in [-0.39, 0.29) is 5.97 Å². The number of likely N-dealkylation sites (N-methyl/N-ethyl adjacent to an activating group) is 1. The van der Waals surface area contributed by atoms with Crippen LogP contribution < -0.4 is 5.32 Å². The van der Waals surface area contributed by atoms with Crippen molar-refractivity contribution in [2.24, 2.45) is 0 Å². The third kappa shape index (κ3) is 2.74. The maximum atomic E-state index is 12.0. The summed E-state index contributed by atoms with van der Waals surface area (Å²) in [7, 11) is 4.13. The summed E-state index contributed by atoms with van der Waals surface area (Å²) in [5, 5.41) is 3.33. The Labute approximate surface area is 98.3 Å². The molecule has 1 N–H and O–H groups in total. The number of rotatable bonds is 5. The number of nitrogens with zero attached hydrogens (tertiary/aromatic N) is 1. The second-order valence-electron chi connectivity index (χ2n) is 4.69. The largest absolute Gasteiger partial charge is 0.465 e. The summed E-state index contributed by atoms with van der Waals surface area (Å²) in [6.07, 6.45) is 2.79. The molecule has 1 saturated carbocycles. The number of hydrogen-bond donors (Lipinski definition) is 1. The van der Waals surface area contributed by atoms with Gasteiger partial charge < -0.3 is 15.0 Å². The smallest absolute Gasteiger partial charge is 0.326 e. The highest BCUT2D eigenvalue weighted by atomic mass is 16.5. The third-order valence-corrected chi connectivity index (χ3v) is 3.40. The lowest BCUT2D eigenvalue weighted by molar-refractivity contribution is -0.151. The van der Waals surface area contributed by atoms with Gasteiger partial charge in [0.05, 0.1) is 6.61 Å². The first-order valence-corrected chi connectivity index (χ1v) is 6.14. The first kappa shape index (κ1) is 13.5. The average Bonchev–Trinajstić information content (AvgIpc) is 2.64. The van der Waals surface area contributed by atoms with Crippen LogP contribution in [0.4, 0.5) is 0 Å². The van der Waals surface area contributed by atoms with E-state index < -0.39 is 5.54 Å². The standard InChI is InChI=1S/C12H24N2O2/c1-5-13-12(11(15)16-6-2)8-7-10(9-12)14(3)4/h10,13H,5-9H2,1-4H3. The van der Waals surface area contributed by atoms with Crippen molar-refractivity contribution in [1.29, 1.82) is 0 Å². The number of ether oxygens (including phenoxy) is 1. The van der Waals surface area contributed by atoms with E-state index >= 15 is 0 Å². The predicted octanol–water partition coefficient (Wildman–Crippen LogP) is 1.01. The molecule has 94 valence electrons. The van der Waals surface area contributed by atoms with Crippen molar-refractivity contribution in [3.8, 4) is 0 Å². The second-order valence-corrected chi connectivity index (χ2v) is 4.69. The first-order chi connectivity index (χ1) is 7.55. The molecule has 1 rings (SSSR count). The van der Waals surface area contributed by atoms with Gasteiger partial charge in [-0.1, -0.05) is 6.92 Å². The van der Waals surface area contributed by atoms with Crippen LogP contribution in [0.25, 0.3) is 0 Å². The lowest BCUT2D eigenvalue weighted by atomic mass is 9.97. The normalized spacial score (nSPS) is 29.7. The Morgan fingerprint density at radius 2 is 2.19 bits per heavy atom. The molecule has 1 aliphatic rings. The SMILES string of the molecule is CCNC1(C(=O)OCC)CCC(N(C)C)C1. The summed E-state index contributed by atoms with van der Waals surface area (Å²) in [5.74, 6) is -0.0822. The van der Waals surface area contributed by atoms with Crippen molar-refractivity contribution in [3.63, 3.8) is 0 Å². The van der Waals surface area contributed by atoms with Crippen LogP contribution in [0.3, 0.4) is 0 Å². The fourth-order valence-corrected chi connectivity index (χ4v) is 2.49. The number of carbonyl (C=O) groups is 1. The average molecular weight is 228 g/mol. The van der Waals surface area contributed by atoms with Crippen molar-refractivity contribution < 1.29 is 9.53 Å². The van der Waals surface area contributed by atoms with E-state index in [9.17, 15) is 4.79 Å². The lowest BCUT2D eigenvalue weighted by Gasteiger charge is -2.28. The summed E-state index contributed by atoms with van der Waals surface area (Å²) in [6.45, 7) is 5.15. The molecule has 0 aromatic rings. The van der Waals surface area contributed by atoms with E-state index in [0.717, 1.165) is 25.8 Å². The Hall–Kier alpha value is -0.610. The minimum Gasteiger partial charge on any atom is -0.465 e. The van der Waals surface area contributed by atoms with Crippen LogP contribution in [0.1, 0.15) is 33.1 Å². The van der Waals surface area contributed by atoms with Crippen molar-refractivity contribution in [2.45, 2.75) is 44.7 Å². The van der Waals surface area contributed by atoms with Crippen LogP contribution in [0.15, 0.2) is 0 Å². The molecule has 0 radical (unpaired) electrons. The van der Waals surface area contributed by atoms with Gasteiger partial charge in [-0.2, -0.15) is 0 Å². The molecular weight excluding hydrogens is 204 g/mol. The van der Waals surface area contributed by atoms with E-state index in [1.54, 1.807) is 0 Å². The van der Waals surface area contributed by atoms with E-state index in [1.165, 1.54) is 0 Å². The van der Waals surface area contributed by atoms with Gasteiger partial charge in [-0.05, 0) is 46.8 Å². The molecule has 2 atom stereocenters. The molecule has 4 nitrogen and oxygen atoms in total.